The number of unbranched alkanes of at least 4 members (excludes halogenated alkanes) is 26. The molecule has 0 aromatic heterocycles. The minimum Gasteiger partial charge on any atom is -0.462 e. The zero-order valence-corrected chi connectivity index (χ0v) is 58.9. The van der Waals surface area contributed by atoms with E-state index in [4.69, 9.17) is 24.3 Å². The van der Waals surface area contributed by atoms with Crippen molar-refractivity contribution in [3.05, 3.63) is 170 Å². The Morgan fingerprint density at radius 1 is 0.330 bits per heavy atom. The molecule has 516 valence electrons. The summed E-state index contributed by atoms with van der Waals surface area (Å²) in [5.74, 6) is -0.833. The Morgan fingerprint density at radius 2 is 0.571 bits per heavy atom. The van der Waals surface area contributed by atoms with Crippen LogP contribution in [0.15, 0.2) is 170 Å². The zero-order chi connectivity index (χ0) is 65.8. The van der Waals surface area contributed by atoms with E-state index in [1.807, 2.05) is 0 Å². The maximum absolute atomic E-state index is 12.8. The van der Waals surface area contributed by atoms with Crippen LogP contribution in [0.1, 0.15) is 296 Å². The van der Waals surface area contributed by atoms with Gasteiger partial charge in [0.25, 0.3) is 0 Å². The maximum atomic E-state index is 12.8. The van der Waals surface area contributed by atoms with Crippen molar-refractivity contribution in [2.24, 2.45) is 5.73 Å². The van der Waals surface area contributed by atoms with Gasteiger partial charge in [0.05, 0.1) is 13.2 Å². The number of phosphoric ester groups is 1. The quantitative estimate of drug-likeness (QED) is 0.0264. The van der Waals surface area contributed by atoms with Gasteiger partial charge in [-0.3, -0.25) is 18.6 Å². The molecule has 0 aromatic rings. The molecule has 0 fully saturated rings. The molecule has 0 saturated carbocycles. The minimum absolute atomic E-state index is 0.0464. The van der Waals surface area contributed by atoms with Crippen molar-refractivity contribution in [3.63, 3.8) is 0 Å². The summed E-state index contributed by atoms with van der Waals surface area (Å²) in [5.41, 5.74) is 5.41. The summed E-state index contributed by atoms with van der Waals surface area (Å²) in [6, 6.07) is 0. The van der Waals surface area contributed by atoms with Gasteiger partial charge < -0.3 is 20.1 Å². The molecule has 2 atom stereocenters. The molecule has 0 aliphatic carbocycles. The molecule has 0 aromatic carbocycles. The third-order valence-electron chi connectivity index (χ3n) is 15.1. The molecule has 0 rings (SSSR count). The second kappa shape index (κ2) is 74.4. The lowest BCUT2D eigenvalue weighted by Crippen LogP contribution is -2.29. The standard InChI is InChI=1S/C81H134NO8P/c1-3-5-7-9-11-13-15-17-19-21-23-25-27-29-31-33-35-37-39-41-43-45-47-49-51-53-55-57-59-61-63-65-67-69-71-73-80(83)87-77-79(78-89-91(85,86)88-76-75-82)90-81(84)74-72-70-68-66-64-62-60-58-56-54-52-50-48-46-44-42-40-38-36-34-32-30-28-26-24-22-20-18-16-14-12-10-8-6-4-2/h5-8,11-14,17-20,23-26,29-32,35-38,41-44,79H,3-4,9-10,15-16,21-22,27-28,33-34,39-40,45-78,82H2,1-2H3,(H,85,86)/b7-5-,8-6-,13-11-,14-12-,19-17-,20-18-,25-23-,26-24-,31-29-,32-30-,37-35-,38-36-,43-41-,44-42-. The highest BCUT2D eigenvalue weighted by Gasteiger charge is 2.26. The fourth-order valence-corrected chi connectivity index (χ4v) is 10.5. The van der Waals surface area contributed by atoms with Gasteiger partial charge >= 0.3 is 19.8 Å². The van der Waals surface area contributed by atoms with Crippen LogP contribution in [-0.4, -0.2) is 49.3 Å². The van der Waals surface area contributed by atoms with E-state index in [-0.39, 0.29) is 38.6 Å². The molecule has 0 aliphatic heterocycles. The Morgan fingerprint density at radius 3 is 0.846 bits per heavy atom. The van der Waals surface area contributed by atoms with Crippen LogP contribution in [0.25, 0.3) is 0 Å². The number of carbonyl (C=O) groups excluding carboxylic acids is 2. The summed E-state index contributed by atoms with van der Waals surface area (Å²) in [7, 11) is -4.41. The normalized spacial score (nSPS) is 13.9. The molecule has 0 heterocycles. The van der Waals surface area contributed by atoms with Gasteiger partial charge in [-0.2, -0.15) is 0 Å². The molecule has 3 N–H and O–H groups in total. The van der Waals surface area contributed by atoms with Gasteiger partial charge in [0, 0.05) is 19.4 Å². The Bertz CT molecular complexity index is 2100. The molecule has 0 saturated heterocycles. The van der Waals surface area contributed by atoms with Crippen LogP contribution in [0.4, 0.5) is 0 Å². The van der Waals surface area contributed by atoms with Crippen molar-refractivity contribution >= 4 is 19.8 Å². The number of esters is 2. The molecule has 0 amide bonds. The number of allylic oxidation sites excluding steroid dienone is 28. The first kappa shape index (κ1) is 86.4. The Balaban J connectivity index is 3.92. The van der Waals surface area contributed by atoms with E-state index in [1.165, 1.54) is 135 Å². The molecule has 91 heavy (non-hydrogen) atoms. The molecule has 0 radical (unpaired) electrons. The summed E-state index contributed by atoms with van der Waals surface area (Å²) < 4.78 is 33.2. The van der Waals surface area contributed by atoms with Gasteiger partial charge in [0.2, 0.25) is 0 Å². The molecule has 0 aliphatic rings. The van der Waals surface area contributed by atoms with Crippen LogP contribution in [-0.2, 0) is 32.7 Å². The van der Waals surface area contributed by atoms with Crippen molar-refractivity contribution in [1.82, 2.24) is 0 Å². The van der Waals surface area contributed by atoms with Gasteiger partial charge in [-0.1, -0.05) is 325 Å². The smallest absolute Gasteiger partial charge is 0.462 e. The number of phosphoric acid groups is 1. The number of hydrogen-bond donors (Lipinski definition) is 2. The molecule has 2 unspecified atom stereocenters. The summed E-state index contributed by atoms with van der Waals surface area (Å²) in [5, 5.41) is 0. The second-order valence-corrected chi connectivity index (χ2v) is 25.1. The highest BCUT2D eigenvalue weighted by atomic mass is 31.2. The Kier molecular flexibility index (Phi) is 70.6. The van der Waals surface area contributed by atoms with Gasteiger partial charge in [0.1, 0.15) is 6.61 Å². The summed E-state index contributed by atoms with van der Waals surface area (Å²) in [6.45, 7) is 3.52. The number of ether oxygens (including phenoxy) is 2. The molecular weight excluding hydrogens is 1150 g/mol. The second-order valence-electron chi connectivity index (χ2n) is 23.7. The molecule has 0 spiro atoms. The van der Waals surface area contributed by atoms with E-state index in [9.17, 15) is 19.0 Å². The third kappa shape index (κ3) is 74.3. The lowest BCUT2D eigenvalue weighted by molar-refractivity contribution is -0.161. The average Bonchev–Trinajstić information content (AvgIpc) is 3.74. The van der Waals surface area contributed by atoms with Gasteiger partial charge in [-0.15, -0.1) is 0 Å². The number of rotatable bonds is 67. The summed E-state index contributed by atoms with van der Waals surface area (Å²) >= 11 is 0. The van der Waals surface area contributed by atoms with Gasteiger partial charge in [-0.05, 0) is 128 Å². The number of nitrogens with two attached hydrogens (primary N) is 1. The highest BCUT2D eigenvalue weighted by molar-refractivity contribution is 7.47. The highest BCUT2D eigenvalue weighted by Crippen LogP contribution is 2.43. The maximum Gasteiger partial charge on any atom is 0.472 e. The van der Waals surface area contributed by atoms with Gasteiger partial charge in [-0.25, -0.2) is 4.57 Å². The van der Waals surface area contributed by atoms with Crippen LogP contribution in [0.5, 0.6) is 0 Å². The summed E-state index contributed by atoms with van der Waals surface area (Å²) in [4.78, 5) is 35.4. The zero-order valence-electron chi connectivity index (χ0n) is 58.0. The van der Waals surface area contributed by atoms with E-state index in [1.54, 1.807) is 0 Å². The van der Waals surface area contributed by atoms with E-state index < -0.39 is 26.5 Å². The predicted molar refractivity (Wildman–Crippen MR) is 394 cm³/mol. The van der Waals surface area contributed by atoms with E-state index >= 15 is 0 Å². The molecule has 9 nitrogen and oxygen atoms in total. The van der Waals surface area contributed by atoms with Crippen LogP contribution >= 0.6 is 7.82 Å². The van der Waals surface area contributed by atoms with Crippen LogP contribution < -0.4 is 5.73 Å². The van der Waals surface area contributed by atoms with E-state index in [0.29, 0.717) is 6.42 Å². The van der Waals surface area contributed by atoms with Crippen LogP contribution in [0.2, 0.25) is 0 Å². The summed E-state index contributed by atoms with van der Waals surface area (Å²) in [6.07, 6.45) is 110. The molecule has 0 bridgehead atoms. The first-order valence-electron chi connectivity index (χ1n) is 36.6. The van der Waals surface area contributed by atoms with Crippen LogP contribution in [0, 0.1) is 0 Å². The van der Waals surface area contributed by atoms with E-state index in [2.05, 4.69) is 184 Å². The lowest BCUT2D eigenvalue weighted by atomic mass is 10.0. The largest absolute Gasteiger partial charge is 0.472 e. The van der Waals surface area contributed by atoms with Gasteiger partial charge in [0.15, 0.2) is 6.10 Å². The van der Waals surface area contributed by atoms with Crippen molar-refractivity contribution < 1.29 is 37.6 Å². The fourth-order valence-electron chi connectivity index (χ4n) is 9.78. The topological polar surface area (TPSA) is 134 Å². The van der Waals surface area contributed by atoms with Crippen LogP contribution in [0.3, 0.4) is 0 Å². The Labute approximate surface area is 559 Å². The van der Waals surface area contributed by atoms with Crippen molar-refractivity contribution in [3.8, 4) is 0 Å². The Hall–Kier alpha value is -4.63. The molecular formula is C81H134NO8P. The first-order valence-corrected chi connectivity index (χ1v) is 38.1. The number of hydrogen-bond acceptors (Lipinski definition) is 8. The van der Waals surface area contributed by atoms with E-state index in [0.717, 1.165) is 128 Å². The monoisotopic (exact) mass is 1280 g/mol. The van der Waals surface area contributed by atoms with Crippen molar-refractivity contribution in [2.45, 2.75) is 302 Å². The number of carbonyl (C=O) groups is 2. The minimum atomic E-state index is -4.41. The SMILES string of the molecule is CC/C=C\C/C=C\C/C=C\C/C=C\C/C=C\C/C=C\C/C=C\CCCCCCCCCCCCCCCC(=O)OCC(COP(=O)(O)OCCN)OC(=O)CCCCCCCCCCCCCCC/C=C\C/C=C\C/C=C\C/C=C\C/C=C\C/C=C\C/C=C\CC. The molecule has 10 heteroatoms. The average molecular weight is 1280 g/mol. The predicted octanol–water partition coefficient (Wildman–Crippen LogP) is 24.5. The lowest BCUT2D eigenvalue weighted by Gasteiger charge is -2.19. The van der Waals surface area contributed by atoms with Crippen molar-refractivity contribution in [1.29, 1.82) is 0 Å². The third-order valence-corrected chi connectivity index (χ3v) is 16.1. The fraction of sp³-hybridized carbons (Fsp3) is 0.630. The first-order chi connectivity index (χ1) is 44.8. The van der Waals surface area contributed by atoms with Crippen molar-refractivity contribution in [2.75, 3.05) is 26.4 Å².